The minimum absolute atomic E-state index is 0.0603. The molecule has 1 aliphatic rings. The van der Waals surface area contributed by atoms with Crippen LogP contribution >= 0.6 is 0 Å². The molecule has 0 aliphatic heterocycles. The van der Waals surface area contributed by atoms with Crippen LogP contribution in [-0.4, -0.2) is 11.4 Å². The molecule has 1 unspecified atom stereocenters. The van der Waals surface area contributed by atoms with Crippen LogP contribution in [0.4, 0.5) is 0 Å². The number of hydrogen-bond acceptors (Lipinski definition) is 2. The first-order valence-electron chi connectivity index (χ1n) is 6.33. The Morgan fingerprint density at radius 1 is 1.31 bits per heavy atom. The largest absolute Gasteiger partial charge is 0.312 e. The number of nitrogens with zero attached hydrogens (tertiary/aromatic N) is 1. The average molecular weight is 225 g/mol. The van der Waals surface area contributed by atoms with Crippen LogP contribution in [0.2, 0.25) is 0 Å². The van der Waals surface area contributed by atoms with E-state index in [0.29, 0.717) is 11.3 Å². The molecule has 1 atom stereocenters. The van der Waals surface area contributed by atoms with Gasteiger partial charge in [0.1, 0.15) is 5.84 Å². The summed E-state index contributed by atoms with van der Waals surface area (Å²) in [6, 6.07) is 0. The van der Waals surface area contributed by atoms with E-state index in [0.717, 1.165) is 5.84 Å². The zero-order chi connectivity index (χ0) is 12.4. The molecule has 1 rings (SSSR count). The van der Waals surface area contributed by atoms with Crippen molar-refractivity contribution in [2.24, 2.45) is 22.2 Å². The molecule has 94 valence electrons. The lowest BCUT2D eigenvalue weighted by molar-refractivity contribution is 0.188. The molecule has 0 aromatic heterocycles. The van der Waals surface area contributed by atoms with Gasteiger partial charge in [0.2, 0.25) is 0 Å². The van der Waals surface area contributed by atoms with Crippen molar-refractivity contribution in [3.8, 4) is 0 Å². The summed E-state index contributed by atoms with van der Waals surface area (Å²) in [5, 5.41) is 0. The van der Waals surface area contributed by atoms with Gasteiger partial charge in [-0.15, -0.1) is 0 Å². The van der Waals surface area contributed by atoms with E-state index in [9.17, 15) is 0 Å². The number of nitrogens with one attached hydrogen (secondary N) is 1. The second-order valence-corrected chi connectivity index (χ2v) is 6.60. The van der Waals surface area contributed by atoms with Crippen LogP contribution < -0.4 is 11.3 Å². The molecule has 0 bridgehead atoms. The molecule has 3 N–H and O–H groups in total. The molecule has 0 radical (unpaired) electrons. The predicted octanol–water partition coefficient (Wildman–Crippen LogP) is 2.86. The zero-order valence-electron chi connectivity index (χ0n) is 11.4. The Morgan fingerprint density at radius 3 is 2.38 bits per heavy atom. The van der Waals surface area contributed by atoms with Gasteiger partial charge < -0.3 is 5.43 Å². The van der Waals surface area contributed by atoms with Crippen LogP contribution in [0.15, 0.2) is 4.99 Å². The van der Waals surface area contributed by atoms with E-state index in [1.165, 1.54) is 25.7 Å². The van der Waals surface area contributed by atoms with Gasteiger partial charge in [-0.25, -0.2) is 5.84 Å². The molecule has 0 spiro atoms. The Balaban J connectivity index is 2.91. The fraction of sp³-hybridized carbons (Fsp3) is 0.923. The first-order valence-corrected chi connectivity index (χ1v) is 6.33. The summed E-state index contributed by atoms with van der Waals surface area (Å²) in [5.41, 5.74) is 3.09. The SMILES string of the molecule is CC(C)(C)N=C(NN)C1CCCCC1(C)C. The highest BCUT2D eigenvalue weighted by atomic mass is 15.3. The Kier molecular flexibility index (Phi) is 4.00. The van der Waals surface area contributed by atoms with Gasteiger partial charge in [-0.2, -0.15) is 0 Å². The van der Waals surface area contributed by atoms with E-state index in [1.54, 1.807) is 0 Å². The molecule has 3 heteroatoms. The van der Waals surface area contributed by atoms with E-state index >= 15 is 0 Å². The third kappa shape index (κ3) is 3.48. The number of hydrazine groups is 1. The maximum absolute atomic E-state index is 5.65. The lowest BCUT2D eigenvalue weighted by Gasteiger charge is -2.39. The summed E-state index contributed by atoms with van der Waals surface area (Å²) < 4.78 is 0. The number of hydrogen-bond donors (Lipinski definition) is 2. The van der Waals surface area contributed by atoms with Gasteiger partial charge in [0.05, 0.1) is 5.54 Å². The summed E-state index contributed by atoms with van der Waals surface area (Å²) in [5.74, 6) is 7.11. The molecule has 0 aromatic carbocycles. The molecular weight excluding hydrogens is 198 g/mol. The van der Waals surface area contributed by atoms with Crippen LogP contribution in [0.5, 0.6) is 0 Å². The number of rotatable bonds is 1. The lowest BCUT2D eigenvalue weighted by atomic mass is 9.68. The smallest absolute Gasteiger partial charge is 0.115 e. The van der Waals surface area contributed by atoms with Gasteiger partial charge in [0.25, 0.3) is 0 Å². The second-order valence-electron chi connectivity index (χ2n) is 6.60. The third-order valence-corrected chi connectivity index (χ3v) is 3.44. The van der Waals surface area contributed by atoms with Crippen LogP contribution in [0.3, 0.4) is 0 Å². The van der Waals surface area contributed by atoms with E-state index in [4.69, 9.17) is 10.8 Å². The Morgan fingerprint density at radius 2 is 1.94 bits per heavy atom. The van der Waals surface area contributed by atoms with Gasteiger partial charge in [0.15, 0.2) is 0 Å². The van der Waals surface area contributed by atoms with E-state index in [-0.39, 0.29) is 5.54 Å². The molecule has 16 heavy (non-hydrogen) atoms. The summed E-state index contributed by atoms with van der Waals surface area (Å²) in [6.45, 7) is 11.0. The zero-order valence-corrected chi connectivity index (χ0v) is 11.4. The fourth-order valence-corrected chi connectivity index (χ4v) is 2.57. The Bertz CT molecular complexity index is 261. The minimum Gasteiger partial charge on any atom is -0.312 e. The highest BCUT2D eigenvalue weighted by molar-refractivity contribution is 5.85. The Hall–Kier alpha value is -0.570. The summed E-state index contributed by atoms with van der Waals surface area (Å²) >= 11 is 0. The summed E-state index contributed by atoms with van der Waals surface area (Å²) in [4.78, 5) is 4.73. The van der Waals surface area contributed by atoms with Gasteiger partial charge in [-0.1, -0.05) is 26.7 Å². The molecule has 0 aromatic rings. The van der Waals surface area contributed by atoms with Crippen molar-refractivity contribution >= 4 is 5.84 Å². The van der Waals surface area contributed by atoms with Crippen molar-refractivity contribution < 1.29 is 0 Å². The maximum atomic E-state index is 5.65. The quantitative estimate of drug-likeness (QED) is 0.312. The normalized spacial score (nSPS) is 26.6. The van der Waals surface area contributed by atoms with Crippen molar-refractivity contribution in [3.63, 3.8) is 0 Å². The lowest BCUT2D eigenvalue weighted by Crippen LogP contribution is -2.45. The molecule has 0 heterocycles. The highest BCUT2D eigenvalue weighted by Crippen LogP contribution is 2.41. The maximum Gasteiger partial charge on any atom is 0.115 e. The molecule has 0 amide bonds. The molecule has 1 aliphatic carbocycles. The van der Waals surface area contributed by atoms with Crippen LogP contribution in [0.1, 0.15) is 60.3 Å². The third-order valence-electron chi connectivity index (χ3n) is 3.44. The van der Waals surface area contributed by atoms with E-state index in [2.05, 4.69) is 40.0 Å². The molecule has 0 saturated heterocycles. The van der Waals surface area contributed by atoms with Crippen LogP contribution in [-0.2, 0) is 0 Å². The number of aliphatic imine (C=N–C) groups is 1. The van der Waals surface area contributed by atoms with Crippen molar-refractivity contribution in [3.05, 3.63) is 0 Å². The first-order chi connectivity index (χ1) is 7.26. The van der Waals surface area contributed by atoms with Crippen molar-refractivity contribution in [2.75, 3.05) is 0 Å². The van der Waals surface area contributed by atoms with Crippen LogP contribution in [0, 0.1) is 11.3 Å². The van der Waals surface area contributed by atoms with Crippen molar-refractivity contribution in [1.29, 1.82) is 0 Å². The fourth-order valence-electron chi connectivity index (χ4n) is 2.57. The molecular formula is C13H27N3. The van der Waals surface area contributed by atoms with E-state index < -0.39 is 0 Å². The molecule has 1 saturated carbocycles. The summed E-state index contributed by atoms with van der Waals surface area (Å²) in [7, 11) is 0. The van der Waals surface area contributed by atoms with Gasteiger partial charge >= 0.3 is 0 Å². The predicted molar refractivity (Wildman–Crippen MR) is 70.3 cm³/mol. The number of amidine groups is 1. The standard InChI is InChI=1S/C13H27N3/c1-12(2,3)15-11(16-14)10-8-6-7-9-13(10,4)5/h10H,6-9,14H2,1-5H3,(H,15,16). The van der Waals surface area contributed by atoms with Gasteiger partial charge in [0, 0.05) is 5.92 Å². The summed E-state index contributed by atoms with van der Waals surface area (Å²) in [6.07, 6.45) is 5.09. The first kappa shape index (κ1) is 13.5. The topological polar surface area (TPSA) is 50.4 Å². The van der Waals surface area contributed by atoms with Gasteiger partial charge in [-0.3, -0.25) is 4.99 Å². The molecule has 1 fully saturated rings. The minimum atomic E-state index is -0.0603. The average Bonchev–Trinajstić information content (AvgIpc) is 2.12. The second kappa shape index (κ2) is 4.74. The molecule has 3 nitrogen and oxygen atoms in total. The van der Waals surface area contributed by atoms with Crippen LogP contribution in [0.25, 0.3) is 0 Å². The number of nitrogens with two attached hydrogens (primary N) is 1. The van der Waals surface area contributed by atoms with Crippen molar-refractivity contribution in [2.45, 2.75) is 65.8 Å². The monoisotopic (exact) mass is 225 g/mol. The van der Waals surface area contributed by atoms with Crippen molar-refractivity contribution in [1.82, 2.24) is 5.43 Å². The van der Waals surface area contributed by atoms with Gasteiger partial charge in [-0.05, 0) is 39.0 Å². The Labute approximate surface area is 99.9 Å². The highest BCUT2D eigenvalue weighted by Gasteiger charge is 2.36. The van der Waals surface area contributed by atoms with E-state index in [1.807, 2.05) is 0 Å².